The molecule has 1 heterocycles. The number of rotatable bonds is 22. The number of hydrogen-bond acceptors (Lipinski definition) is 7. The number of aliphatic hydroxyl groups excluding tert-OH is 1. The van der Waals surface area contributed by atoms with E-state index in [2.05, 4.69) is 12.0 Å². The van der Waals surface area contributed by atoms with Gasteiger partial charge in [-0.15, -0.1) is 0 Å². The molecule has 3 atom stereocenters. The Morgan fingerprint density at radius 3 is 1.97 bits per heavy atom. The molecule has 1 saturated heterocycles. The van der Waals surface area contributed by atoms with E-state index in [-0.39, 0.29) is 19.8 Å². The van der Waals surface area contributed by atoms with Crippen LogP contribution >= 0.6 is 7.75 Å². The van der Waals surface area contributed by atoms with Crippen LogP contribution in [0.2, 0.25) is 0 Å². The third kappa shape index (κ3) is 15.2. The molecule has 1 aliphatic rings. The maximum Gasteiger partial charge on any atom is 0.406 e. The molecule has 33 heavy (non-hydrogen) atoms. The Morgan fingerprint density at radius 2 is 1.52 bits per heavy atom. The van der Waals surface area contributed by atoms with Crippen LogP contribution in [0.25, 0.3) is 0 Å². The number of aliphatic hydroxyl groups is 1. The van der Waals surface area contributed by atoms with Crippen LogP contribution in [0.5, 0.6) is 0 Å². The first kappa shape index (κ1) is 30.5. The molecule has 196 valence electrons. The summed E-state index contributed by atoms with van der Waals surface area (Å²) in [5.74, 6) is -0.604. The Morgan fingerprint density at radius 1 is 0.970 bits per heavy atom. The molecule has 0 aromatic carbocycles. The lowest BCUT2D eigenvalue weighted by Crippen LogP contribution is -2.31. The highest BCUT2D eigenvalue weighted by Gasteiger charge is 2.36. The van der Waals surface area contributed by atoms with E-state index in [4.69, 9.17) is 18.5 Å². The van der Waals surface area contributed by atoms with Crippen LogP contribution in [-0.4, -0.2) is 56.8 Å². The highest BCUT2D eigenvalue weighted by atomic mass is 31.2. The van der Waals surface area contributed by atoms with E-state index >= 15 is 0 Å². The van der Waals surface area contributed by atoms with Crippen LogP contribution in [-0.2, 0) is 27.9 Å². The smallest absolute Gasteiger partial charge is 0.406 e. The monoisotopic (exact) mass is 493 g/mol. The van der Waals surface area contributed by atoms with E-state index in [0.29, 0.717) is 13.0 Å². The fraction of sp³-hybridized carbons (Fsp3) is 0.958. The summed E-state index contributed by atoms with van der Waals surface area (Å²) in [4.78, 5) is 12.5. The number of carbonyl (C=O) groups excluding carboxylic acids is 1. The number of hydrogen-bond donors (Lipinski definition) is 2. The van der Waals surface area contributed by atoms with Crippen molar-refractivity contribution >= 4 is 13.7 Å². The maximum atomic E-state index is 12.5. The number of unbranched alkanes of at least 4 members (excludes halogenated alkanes) is 13. The number of methoxy groups -OCH3 is 1. The third-order valence-electron chi connectivity index (χ3n) is 5.97. The van der Waals surface area contributed by atoms with Gasteiger partial charge in [-0.25, -0.2) is 14.4 Å². The van der Waals surface area contributed by atoms with Crippen LogP contribution in [0.3, 0.4) is 0 Å². The van der Waals surface area contributed by atoms with Crippen molar-refractivity contribution in [2.45, 2.75) is 115 Å². The van der Waals surface area contributed by atoms with Crippen LogP contribution < -0.4 is 5.09 Å². The second kappa shape index (κ2) is 19.8. The Balaban J connectivity index is 2.18. The topological polar surface area (TPSA) is 103 Å². The van der Waals surface area contributed by atoms with Crippen molar-refractivity contribution in [3.63, 3.8) is 0 Å². The Labute approximate surface area is 201 Å². The fourth-order valence-corrected chi connectivity index (χ4v) is 5.28. The van der Waals surface area contributed by atoms with Crippen molar-refractivity contribution in [3.05, 3.63) is 0 Å². The van der Waals surface area contributed by atoms with Gasteiger partial charge in [0, 0.05) is 13.7 Å². The molecule has 1 fully saturated rings. The number of carbonyl (C=O) groups is 1. The molecule has 0 aromatic heterocycles. The second-order valence-electron chi connectivity index (χ2n) is 8.89. The van der Waals surface area contributed by atoms with Gasteiger partial charge in [0.15, 0.2) is 6.10 Å². The van der Waals surface area contributed by atoms with Gasteiger partial charge in [-0.2, -0.15) is 0 Å². The first-order chi connectivity index (χ1) is 16.0. The van der Waals surface area contributed by atoms with E-state index in [1.165, 1.54) is 77.7 Å². The zero-order valence-corrected chi connectivity index (χ0v) is 21.8. The number of ether oxygens (including phenoxy) is 2. The van der Waals surface area contributed by atoms with Crippen molar-refractivity contribution in [2.24, 2.45) is 0 Å². The highest BCUT2D eigenvalue weighted by Crippen LogP contribution is 2.48. The van der Waals surface area contributed by atoms with E-state index < -0.39 is 25.9 Å². The van der Waals surface area contributed by atoms with E-state index in [1.54, 1.807) is 0 Å². The minimum Gasteiger partial charge on any atom is -0.461 e. The molecule has 1 aliphatic heterocycles. The molecule has 0 aliphatic carbocycles. The molecule has 1 rings (SSSR count). The number of nitrogens with one attached hydrogen (secondary N) is 1. The van der Waals surface area contributed by atoms with Gasteiger partial charge in [0.1, 0.15) is 12.7 Å². The molecule has 2 N–H and O–H groups in total. The predicted molar refractivity (Wildman–Crippen MR) is 130 cm³/mol. The second-order valence-corrected chi connectivity index (χ2v) is 10.7. The molecule has 0 saturated carbocycles. The first-order valence-corrected chi connectivity index (χ1v) is 14.6. The zero-order chi connectivity index (χ0) is 24.2. The van der Waals surface area contributed by atoms with Crippen LogP contribution in [0.1, 0.15) is 103 Å². The van der Waals surface area contributed by atoms with Crippen molar-refractivity contribution in [3.8, 4) is 0 Å². The average molecular weight is 494 g/mol. The summed E-state index contributed by atoms with van der Waals surface area (Å²) in [5.41, 5.74) is 0. The highest BCUT2D eigenvalue weighted by molar-refractivity contribution is 7.51. The molecule has 0 bridgehead atoms. The SMILES string of the molecule is CCCCCCCCCCCCCCCCC(OP1(=O)NCCO1)C(=O)OCC(CO)OC. The molecule has 0 amide bonds. The van der Waals surface area contributed by atoms with Gasteiger partial charge in [-0.05, 0) is 6.42 Å². The summed E-state index contributed by atoms with van der Waals surface area (Å²) in [6, 6.07) is 0. The van der Waals surface area contributed by atoms with Crippen molar-refractivity contribution in [1.82, 2.24) is 5.09 Å². The van der Waals surface area contributed by atoms with Gasteiger partial charge in [-0.1, -0.05) is 96.8 Å². The summed E-state index contributed by atoms with van der Waals surface area (Å²) >= 11 is 0. The van der Waals surface area contributed by atoms with E-state index in [1.807, 2.05) is 0 Å². The quantitative estimate of drug-likeness (QED) is 0.115. The molecule has 3 unspecified atom stereocenters. The Kier molecular flexibility index (Phi) is 18.3. The molecular weight excluding hydrogens is 445 g/mol. The van der Waals surface area contributed by atoms with Crippen molar-refractivity contribution in [1.29, 1.82) is 0 Å². The summed E-state index contributed by atoms with van der Waals surface area (Å²) in [6.45, 7) is 2.63. The minimum absolute atomic E-state index is 0.0803. The van der Waals surface area contributed by atoms with E-state index in [0.717, 1.165) is 19.3 Å². The number of esters is 1. The Bertz CT molecular complexity index is 521. The maximum absolute atomic E-state index is 12.5. The fourth-order valence-electron chi connectivity index (χ4n) is 3.83. The molecular formula is C24H48NO7P. The lowest BCUT2D eigenvalue weighted by molar-refractivity contribution is -0.157. The zero-order valence-electron chi connectivity index (χ0n) is 20.9. The normalized spacial score (nSPS) is 20.1. The summed E-state index contributed by atoms with van der Waals surface area (Å²) in [6.07, 6.45) is 16.4. The van der Waals surface area contributed by atoms with Gasteiger partial charge < -0.3 is 14.6 Å². The standard InChI is InChI=1S/C24H48NO7P/c1-3-4-5-6-7-8-9-10-11-12-13-14-15-16-17-23(32-33(28)25-18-19-31-33)24(27)30-21-22(20-26)29-2/h22-23,26H,3-21H2,1-2H3,(H,25,28). The van der Waals surface area contributed by atoms with Crippen LogP contribution in [0.4, 0.5) is 0 Å². The summed E-state index contributed by atoms with van der Waals surface area (Å²) in [7, 11) is -2.02. The lowest BCUT2D eigenvalue weighted by Gasteiger charge is -2.21. The molecule has 9 heteroatoms. The van der Waals surface area contributed by atoms with E-state index in [9.17, 15) is 14.5 Å². The van der Waals surface area contributed by atoms with Crippen molar-refractivity contribution < 1.29 is 33.0 Å². The molecule has 8 nitrogen and oxygen atoms in total. The minimum atomic E-state index is -3.46. The van der Waals surface area contributed by atoms with Gasteiger partial charge in [0.05, 0.1) is 13.2 Å². The van der Waals surface area contributed by atoms with Gasteiger partial charge >= 0.3 is 13.7 Å². The van der Waals surface area contributed by atoms with Gasteiger partial charge in [0.25, 0.3) is 0 Å². The average Bonchev–Trinajstić information content (AvgIpc) is 3.25. The predicted octanol–water partition coefficient (Wildman–Crippen LogP) is 5.52. The van der Waals surface area contributed by atoms with Crippen molar-refractivity contribution in [2.75, 3.05) is 33.5 Å². The lowest BCUT2D eigenvalue weighted by atomic mass is 10.0. The van der Waals surface area contributed by atoms with Crippen LogP contribution in [0, 0.1) is 0 Å². The van der Waals surface area contributed by atoms with Gasteiger partial charge in [-0.3, -0.25) is 9.05 Å². The van der Waals surface area contributed by atoms with Crippen LogP contribution in [0.15, 0.2) is 0 Å². The first-order valence-electron chi connectivity index (χ1n) is 13.0. The molecule has 0 spiro atoms. The summed E-state index contributed by atoms with van der Waals surface area (Å²) < 4.78 is 33.4. The summed E-state index contributed by atoms with van der Waals surface area (Å²) in [5, 5.41) is 11.9. The Hall–Kier alpha value is -0.500. The third-order valence-corrected chi connectivity index (χ3v) is 7.63. The molecule has 0 radical (unpaired) electrons. The van der Waals surface area contributed by atoms with Gasteiger partial charge in [0.2, 0.25) is 0 Å². The molecule has 0 aromatic rings. The largest absolute Gasteiger partial charge is 0.461 e.